The van der Waals surface area contributed by atoms with Crippen molar-refractivity contribution >= 4 is 12.0 Å². The fourth-order valence-corrected chi connectivity index (χ4v) is 2.81. The quantitative estimate of drug-likeness (QED) is 0.744. The second-order valence-corrected chi connectivity index (χ2v) is 5.51. The van der Waals surface area contributed by atoms with Crippen LogP contribution in [0.5, 0.6) is 0 Å². The van der Waals surface area contributed by atoms with Crippen molar-refractivity contribution in [2.24, 2.45) is 0 Å². The molecule has 2 aliphatic rings. The Labute approximate surface area is 107 Å². The molecular formula is C15H18OS. The Kier molecular flexibility index (Phi) is 3.45. The van der Waals surface area contributed by atoms with Crippen LogP contribution in [0.25, 0.3) is 11.1 Å². The summed E-state index contributed by atoms with van der Waals surface area (Å²) in [6, 6.07) is 8.65. The first-order valence-electron chi connectivity index (χ1n) is 5.90. The van der Waals surface area contributed by atoms with Crippen molar-refractivity contribution in [3.05, 3.63) is 41.0 Å². The van der Waals surface area contributed by atoms with E-state index in [0.29, 0.717) is 5.92 Å². The van der Waals surface area contributed by atoms with Gasteiger partial charge in [-0.15, -0.1) is 0 Å². The Bertz CT molecular complexity index is 517. The maximum atomic E-state index is 9.35. The second-order valence-electron chi connectivity index (χ2n) is 4.89. The van der Waals surface area contributed by atoms with Crippen molar-refractivity contribution < 1.29 is 4.55 Å². The van der Waals surface area contributed by atoms with Crippen LogP contribution in [0.3, 0.4) is 0 Å². The Balaban J connectivity index is 2.74. The molecule has 1 nitrogen and oxygen atoms in total. The molecular weight excluding hydrogens is 228 g/mol. The number of hydrogen-bond acceptors (Lipinski definition) is 2. The first-order valence-corrected chi connectivity index (χ1v) is 6.67. The highest BCUT2D eigenvalue weighted by molar-refractivity contribution is 7.94. The van der Waals surface area contributed by atoms with Gasteiger partial charge in [0.2, 0.25) is 0 Å². The van der Waals surface area contributed by atoms with Crippen LogP contribution in [0.4, 0.5) is 0 Å². The number of aryl methyl sites for hydroxylation is 2. The van der Waals surface area contributed by atoms with Crippen molar-refractivity contribution in [1.29, 1.82) is 0 Å². The lowest BCUT2D eigenvalue weighted by atomic mass is 10.0. The minimum atomic E-state index is 0.518. The Hall–Kier alpha value is -0.990. The topological polar surface area (TPSA) is 20.2 Å². The van der Waals surface area contributed by atoms with Gasteiger partial charge in [0.25, 0.3) is 0 Å². The largest absolute Gasteiger partial charge is 0.325 e. The molecule has 2 aliphatic carbocycles. The third-order valence-corrected chi connectivity index (χ3v) is 3.80. The van der Waals surface area contributed by atoms with Gasteiger partial charge in [-0.1, -0.05) is 32.0 Å². The highest BCUT2D eigenvalue weighted by Gasteiger charge is 2.16. The maximum Gasteiger partial charge on any atom is 0.0434 e. The van der Waals surface area contributed by atoms with E-state index in [-0.39, 0.29) is 0 Å². The molecule has 0 bridgehead atoms. The van der Waals surface area contributed by atoms with Crippen molar-refractivity contribution in [2.75, 3.05) is 0 Å². The minimum Gasteiger partial charge on any atom is -0.325 e. The predicted octanol–water partition coefficient (Wildman–Crippen LogP) is 5.10. The summed E-state index contributed by atoms with van der Waals surface area (Å²) in [6.07, 6.45) is 0. The normalized spacial score (nSPS) is 11.4. The van der Waals surface area contributed by atoms with E-state index in [4.69, 9.17) is 0 Å². The summed E-state index contributed by atoms with van der Waals surface area (Å²) in [6.45, 7) is 8.62. The number of hydrogen-bond donors (Lipinski definition) is 1. The van der Waals surface area contributed by atoms with E-state index in [1.54, 1.807) is 0 Å². The van der Waals surface area contributed by atoms with Crippen LogP contribution in [0.1, 0.15) is 36.5 Å². The van der Waals surface area contributed by atoms with E-state index in [1.807, 2.05) is 0 Å². The monoisotopic (exact) mass is 246 g/mol. The number of fused-ring (bicyclic) bond motifs is 1. The summed E-state index contributed by atoms with van der Waals surface area (Å²) in [5.74, 6) is 0.518. The van der Waals surface area contributed by atoms with Gasteiger partial charge in [0, 0.05) is 22.5 Å². The Morgan fingerprint density at radius 2 is 1.76 bits per heavy atom. The van der Waals surface area contributed by atoms with Gasteiger partial charge in [-0.2, -0.15) is 0 Å². The fourth-order valence-electron chi connectivity index (χ4n) is 2.22. The number of rotatable bonds is 2. The van der Waals surface area contributed by atoms with Crippen LogP contribution in [0.15, 0.2) is 29.2 Å². The van der Waals surface area contributed by atoms with E-state index in [0.717, 1.165) is 16.9 Å². The van der Waals surface area contributed by atoms with E-state index >= 15 is 0 Å². The smallest absolute Gasteiger partial charge is 0.0434 e. The molecule has 0 aromatic rings. The third-order valence-electron chi connectivity index (χ3n) is 3.28. The molecule has 0 fully saturated rings. The predicted molar refractivity (Wildman–Crippen MR) is 75.1 cm³/mol. The minimum absolute atomic E-state index is 0.518. The molecule has 0 amide bonds. The molecule has 17 heavy (non-hydrogen) atoms. The highest BCUT2D eigenvalue weighted by Crippen LogP contribution is 2.39. The Morgan fingerprint density at radius 3 is 2.35 bits per heavy atom. The molecule has 0 saturated carbocycles. The molecule has 0 saturated heterocycles. The van der Waals surface area contributed by atoms with Crippen molar-refractivity contribution in [2.45, 2.75) is 38.5 Å². The van der Waals surface area contributed by atoms with Crippen molar-refractivity contribution in [3.8, 4) is 11.1 Å². The van der Waals surface area contributed by atoms with Gasteiger partial charge in [-0.05, 0) is 48.1 Å². The van der Waals surface area contributed by atoms with Crippen LogP contribution in [0.2, 0.25) is 0 Å². The van der Waals surface area contributed by atoms with Gasteiger partial charge < -0.3 is 4.55 Å². The van der Waals surface area contributed by atoms with Crippen LogP contribution in [-0.2, 0) is 0 Å². The van der Waals surface area contributed by atoms with E-state index < -0.39 is 0 Å². The first-order chi connectivity index (χ1) is 8.04. The van der Waals surface area contributed by atoms with Crippen LogP contribution in [-0.4, -0.2) is 4.55 Å². The lowest BCUT2D eigenvalue weighted by Gasteiger charge is -2.04. The lowest BCUT2D eigenvalue weighted by molar-refractivity contribution is 0.664. The zero-order valence-electron chi connectivity index (χ0n) is 10.7. The molecule has 1 N–H and O–H groups in total. The summed E-state index contributed by atoms with van der Waals surface area (Å²) in [5, 5.41) is 0. The SMILES string of the molecule is Cc1cc(SO)c2c(C)ccc(C(C)C)cc1-2. The van der Waals surface area contributed by atoms with Crippen LogP contribution < -0.4 is 0 Å². The molecule has 0 spiro atoms. The van der Waals surface area contributed by atoms with Crippen molar-refractivity contribution in [1.82, 2.24) is 0 Å². The van der Waals surface area contributed by atoms with Gasteiger partial charge in [0.1, 0.15) is 0 Å². The second kappa shape index (κ2) is 4.71. The molecule has 0 aromatic heterocycles. The molecule has 0 heterocycles. The third kappa shape index (κ3) is 2.20. The first kappa shape index (κ1) is 12.5. The molecule has 0 unspecified atom stereocenters. The summed E-state index contributed by atoms with van der Waals surface area (Å²) in [4.78, 5) is 0.959. The molecule has 90 valence electrons. The summed E-state index contributed by atoms with van der Waals surface area (Å²) < 4.78 is 9.35. The van der Waals surface area contributed by atoms with E-state index in [2.05, 4.69) is 52.0 Å². The highest BCUT2D eigenvalue weighted by atomic mass is 32.2. The lowest BCUT2D eigenvalue weighted by Crippen LogP contribution is -1.83. The van der Waals surface area contributed by atoms with Gasteiger partial charge in [0.05, 0.1) is 0 Å². The van der Waals surface area contributed by atoms with Crippen LogP contribution >= 0.6 is 12.0 Å². The average Bonchev–Trinajstić information content (AvgIpc) is 2.48. The summed E-state index contributed by atoms with van der Waals surface area (Å²) in [5.41, 5.74) is 6.23. The van der Waals surface area contributed by atoms with Gasteiger partial charge >= 0.3 is 0 Å². The van der Waals surface area contributed by atoms with E-state index in [9.17, 15) is 4.55 Å². The van der Waals surface area contributed by atoms with Gasteiger partial charge in [0.15, 0.2) is 0 Å². The molecule has 2 rings (SSSR count). The molecule has 0 atom stereocenters. The van der Waals surface area contributed by atoms with Crippen molar-refractivity contribution in [3.63, 3.8) is 0 Å². The zero-order valence-corrected chi connectivity index (χ0v) is 11.6. The zero-order chi connectivity index (χ0) is 12.6. The summed E-state index contributed by atoms with van der Waals surface area (Å²) in [7, 11) is 0. The van der Waals surface area contributed by atoms with Gasteiger partial charge in [-0.3, -0.25) is 0 Å². The standard InChI is InChI=1S/C15H18OS/c1-9(2)12-6-5-10(3)15-13(8-12)11(4)7-14(15)17-16/h5-9,16H,1-4H3. The fraction of sp³-hybridized carbons (Fsp3) is 0.333. The van der Waals surface area contributed by atoms with E-state index in [1.165, 1.54) is 27.8 Å². The van der Waals surface area contributed by atoms with Crippen LogP contribution in [0, 0.1) is 13.8 Å². The molecule has 0 aromatic carbocycles. The summed E-state index contributed by atoms with van der Waals surface area (Å²) >= 11 is 0.843. The Morgan fingerprint density at radius 1 is 1.06 bits per heavy atom. The molecule has 0 aliphatic heterocycles. The maximum absolute atomic E-state index is 9.35. The molecule has 2 heteroatoms. The van der Waals surface area contributed by atoms with Gasteiger partial charge in [-0.25, -0.2) is 0 Å². The average molecular weight is 246 g/mol. The molecule has 0 radical (unpaired) electrons.